The fourth-order valence-electron chi connectivity index (χ4n) is 2.56. The first-order chi connectivity index (χ1) is 9.42. The lowest BCUT2D eigenvalue weighted by atomic mass is 9.84. The second kappa shape index (κ2) is 5.25. The third-order valence-electron chi connectivity index (χ3n) is 4.02. The minimum atomic E-state index is -0.947. The molecule has 108 valence electrons. The Morgan fingerprint density at radius 1 is 1.40 bits per heavy atom. The van der Waals surface area contributed by atoms with E-state index in [0.717, 1.165) is 4.68 Å². The van der Waals surface area contributed by atoms with Crippen LogP contribution in [-0.4, -0.2) is 20.4 Å². The lowest BCUT2D eigenvalue weighted by Crippen LogP contribution is -2.40. The number of hydrogen-bond donors (Lipinski definition) is 2. The monoisotopic (exact) mass is 275 g/mol. The normalized spacial score (nSPS) is 16.0. The van der Waals surface area contributed by atoms with Crippen LogP contribution in [-0.2, 0) is 0 Å². The number of aliphatic hydroxyl groups is 1. The number of rotatable bonds is 4. The quantitative estimate of drug-likeness (QED) is 0.833. The second-order valence-corrected chi connectivity index (χ2v) is 5.33. The molecule has 0 fully saturated rings. The highest BCUT2D eigenvalue weighted by Gasteiger charge is 2.33. The van der Waals surface area contributed by atoms with Crippen LogP contribution in [0.3, 0.4) is 0 Å². The van der Waals surface area contributed by atoms with Gasteiger partial charge in [-0.15, -0.1) is 0 Å². The van der Waals surface area contributed by atoms with Crippen molar-refractivity contribution >= 4 is 10.9 Å². The number of benzene rings is 1. The van der Waals surface area contributed by atoms with Gasteiger partial charge in [0.15, 0.2) is 0 Å². The zero-order chi connectivity index (χ0) is 14.9. The van der Waals surface area contributed by atoms with Crippen molar-refractivity contribution in [3.63, 3.8) is 0 Å². The van der Waals surface area contributed by atoms with E-state index >= 15 is 0 Å². The number of nitrogen functional groups attached to an aromatic ring is 1. The molecule has 2 rings (SSSR count). The van der Waals surface area contributed by atoms with Gasteiger partial charge in [-0.3, -0.25) is 4.79 Å². The summed E-state index contributed by atoms with van der Waals surface area (Å²) in [4.78, 5) is 16.8. The van der Waals surface area contributed by atoms with Crippen LogP contribution in [0.4, 0.5) is 0 Å². The van der Waals surface area contributed by atoms with E-state index in [9.17, 15) is 9.90 Å². The summed E-state index contributed by atoms with van der Waals surface area (Å²) in [6, 6.07) is 7.10. The van der Waals surface area contributed by atoms with Crippen molar-refractivity contribution in [2.45, 2.75) is 45.1 Å². The van der Waals surface area contributed by atoms with Gasteiger partial charge in [-0.1, -0.05) is 26.0 Å². The summed E-state index contributed by atoms with van der Waals surface area (Å²) < 4.78 is 1.07. The summed E-state index contributed by atoms with van der Waals surface area (Å²) >= 11 is 0. The number of para-hydroxylation sites is 1. The highest BCUT2D eigenvalue weighted by molar-refractivity contribution is 5.77. The molecular formula is C15H21N3O2. The molecule has 0 aliphatic carbocycles. The van der Waals surface area contributed by atoms with Crippen LogP contribution in [0.5, 0.6) is 0 Å². The van der Waals surface area contributed by atoms with Crippen LogP contribution in [0.25, 0.3) is 10.9 Å². The van der Waals surface area contributed by atoms with E-state index < -0.39 is 5.60 Å². The molecule has 0 aliphatic rings. The molecule has 20 heavy (non-hydrogen) atoms. The number of fused-ring (bicyclic) bond motifs is 1. The van der Waals surface area contributed by atoms with Gasteiger partial charge in [0.2, 0.25) is 0 Å². The molecule has 1 heterocycles. The van der Waals surface area contributed by atoms with Crippen LogP contribution in [0.1, 0.15) is 45.4 Å². The minimum absolute atomic E-state index is 0.282. The summed E-state index contributed by atoms with van der Waals surface area (Å²) in [5, 5.41) is 11.0. The maximum atomic E-state index is 12.3. The lowest BCUT2D eigenvalue weighted by Gasteiger charge is -2.31. The Morgan fingerprint density at radius 2 is 2.05 bits per heavy atom. The Hall–Kier alpha value is -1.88. The Labute approximate surface area is 118 Å². The number of nitrogens with two attached hydrogens (primary N) is 1. The molecule has 0 aliphatic heterocycles. The van der Waals surface area contributed by atoms with Crippen LogP contribution >= 0.6 is 0 Å². The average Bonchev–Trinajstić information content (AvgIpc) is 2.44. The summed E-state index contributed by atoms with van der Waals surface area (Å²) in [6.45, 7) is 5.61. The topological polar surface area (TPSA) is 81.1 Å². The Bertz CT molecular complexity index is 676. The van der Waals surface area contributed by atoms with Crippen molar-refractivity contribution in [3.05, 3.63) is 40.4 Å². The molecule has 2 atom stereocenters. The van der Waals surface area contributed by atoms with Gasteiger partial charge < -0.3 is 10.9 Å². The molecule has 0 saturated carbocycles. The molecule has 2 aromatic rings. The minimum Gasteiger partial charge on any atom is -0.389 e. The number of aromatic nitrogens is 2. The zero-order valence-electron chi connectivity index (χ0n) is 12.1. The maximum Gasteiger partial charge on any atom is 0.279 e. The van der Waals surface area contributed by atoms with E-state index in [1.807, 2.05) is 19.9 Å². The number of nitrogens with zero attached hydrogens (tertiary/aromatic N) is 2. The van der Waals surface area contributed by atoms with E-state index in [2.05, 4.69) is 4.98 Å². The van der Waals surface area contributed by atoms with Crippen molar-refractivity contribution in [1.29, 1.82) is 0 Å². The van der Waals surface area contributed by atoms with E-state index in [-0.39, 0.29) is 11.5 Å². The van der Waals surface area contributed by atoms with Crippen molar-refractivity contribution < 1.29 is 5.11 Å². The smallest absolute Gasteiger partial charge is 0.279 e. The van der Waals surface area contributed by atoms with Gasteiger partial charge in [0.05, 0.1) is 16.5 Å². The zero-order valence-corrected chi connectivity index (χ0v) is 12.1. The molecule has 1 aromatic carbocycles. The third kappa shape index (κ3) is 2.29. The van der Waals surface area contributed by atoms with Crippen LogP contribution < -0.4 is 11.4 Å². The molecule has 0 spiro atoms. The summed E-state index contributed by atoms with van der Waals surface area (Å²) in [5.74, 6) is 6.06. The van der Waals surface area contributed by atoms with Gasteiger partial charge in [0, 0.05) is 5.92 Å². The van der Waals surface area contributed by atoms with Gasteiger partial charge in [0.1, 0.15) is 5.82 Å². The van der Waals surface area contributed by atoms with E-state index in [1.165, 1.54) is 0 Å². The molecule has 0 saturated heterocycles. The fraction of sp³-hybridized carbons (Fsp3) is 0.467. The van der Waals surface area contributed by atoms with Gasteiger partial charge in [-0.2, -0.15) is 0 Å². The Morgan fingerprint density at radius 3 is 2.65 bits per heavy atom. The number of hydrogen-bond acceptors (Lipinski definition) is 4. The van der Waals surface area contributed by atoms with Gasteiger partial charge in [-0.25, -0.2) is 9.66 Å². The molecule has 0 amide bonds. The van der Waals surface area contributed by atoms with Crippen LogP contribution in [0.2, 0.25) is 0 Å². The molecule has 5 nitrogen and oxygen atoms in total. The van der Waals surface area contributed by atoms with Gasteiger partial charge in [-0.05, 0) is 31.9 Å². The van der Waals surface area contributed by atoms with E-state index in [1.54, 1.807) is 25.1 Å². The predicted molar refractivity (Wildman–Crippen MR) is 80.1 cm³/mol. The maximum absolute atomic E-state index is 12.3. The van der Waals surface area contributed by atoms with Gasteiger partial charge in [0.25, 0.3) is 5.56 Å². The largest absolute Gasteiger partial charge is 0.389 e. The summed E-state index contributed by atoms with van der Waals surface area (Å²) in [5.41, 5.74) is -0.617. The Kier molecular flexibility index (Phi) is 3.81. The van der Waals surface area contributed by atoms with Gasteiger partial charge >= 0.3 is 0 Å². The van der Waals surface area contributed by atoms with Crippen LogP contribution in [0.15, 0.2) is 29.1 Å². The lowest BCUT2D eigenvalue weighted by molar-refractivity contribution is 0.0214. The van der Waals surface area contributed by atoms with Crippen LogP contribution in [0, 0.1) is 0 Å². The molecule has 3 N–H and O–H groups in total. The summed E-state index contributed by atoms with van der Waals surface area (Å²) in [7, 11) is 0. The second-order valence-electron chi connectivity index (χ2n) is 5.33. The molecule has 1 aromatic heterocycles. The summed E-state index contributed by atoms with van der Waals surface area (Å²) in [6.07, 6.45) is 1.22. The molecule has 5 heteroatoms. The highest BCUT2D eigenvalue weighted by atomic mass is 16.3. The van der Waals surface area contributed by atoms with Crippen molar-refractivity contribution in [3.8, 4) is 0 Å². The average molecular weight is 275 g/mol. The fourth-order valence-corrected chi connectivity index (χ4v) is 2.56. The van der Waals surface area contributed by atoms with Crippen molar-refractivity contribution in [1.82, 2.24) is 9.66 Å². The highest BCUT2D eigenvalue weighted by Crippen LogP contribution is 2.32. The third-order valence-corrected chi connectivity index (χ3v) is 4.02. The standard InChI is InChI=1S/C15H21N3O2/c1-4-11(15(3,20)5-2)13-17-12-9-7-6-8-10(12)14(19)18(13)16/h6-9,11,20H,4-5,16H2,1-3H3. The Balaban J connectivity index is 2.71. The predicted octanol–water partition coefficient (Wildman–Crippen LogP) is 1.76. The first kappa shape index (κ1) is 14.5. The van der Waals surface area contributed by atoms with E-state index in [0.29, 0.717) is 29.6 Å². The molecule has 0 bridgehead atoms. The first-order valence-corrected chi connectivity index (χ1v) is 6.91. The van der Waals surface area contributed by atoms with E-state index in [4.69, 9.17) is 5.84 Å². The van der Waals surface area contributed by atoms with Crippen molar-refractivity contribution in [2.24, 2.45) is 0 Å². The van der Waals surface area contributed by atoms with Crippen molar-refractivity contribution in [2.75, 3.05) is 5.84 Å². The SMILES string of the molecule is CCC(c1nc2ccccc2c(=O)n1N)C(C)(O)CC. The first-order valence-electron chi connectivity index (χ1n) is 6.91. The molecular weight excluding hydrogens is 254 g/mol. The molecule has 2 unspecified atom stereocenters. The molecule has 0 radical (unpaired) electrons.